The maximum absolute atomic E-state index is 12.3. The standard InChI is InChI=1S/C13H13BrIN3O/c1-2-7-18-12(5-6-16-18)17-13(19)10-8-9(14)3-4-11(10)15/h3-6,8H,2,7H2,1H3,(H,17,19). The van der Waals surface area contributed by atoms with E-state index in [1.54, 1.807) is 16.9 Å². The molecule has 0 radical (unpaired) electrons. The molecule has 0 saturated heterocycles. The molecule has 0 aliphatic carbocycles. The van der Waals surface area contributed by atoms with Gasteiger partial charge in [0.1, 0.15) is 5.82 Å². The lowest BCUT2D eigenvalue weighted by molar-refractivity contribution is 0.102. The molecule has 0 aliphatic heterocycles. The van der Waals surface area contributed by atoms with Gasteiger partial charge in [-0.1, -0.05) is 22.9 Å². The van der Waals surface area contributed by atoms with E-state index in [4.69, 9.17) is 0 Å². The molecule has 2 aromatic rings. The summed E-state index contributed by atoms with van der Waals surface area (Å²) in [5.74, 6) is 0.603. The fraction of sp³-hybridized carbons (Fsp3) is 0.231. The lowest BCUT2D eigenvalue weighted by atomic mass is 10.2. The van der Waals surface area contributed by atoms with E-state index < -0.39 is 0 Å². The number of anilines is 1. The van der Waals surface area contributed by atoms with Crippen LogP contribution >= 0.6 is 38.5 Å². The lowest BCUT2D eigenvalue weighted by Gasteiger charge is -2.09. The molecule has 1 heterocycles. The molecule has 2 rings (SSSR count). The van der Waals surface area contributed by atoms with Crippen molar-refractivity contribution in [3.63, 3.8) is 0 Å². The predicted molar refractivity (Wildman–Crippen MR) is 87.3 cm³/mol. The normalized spacial score (nSPS) is 10.5. The number of aromatic nitrogens is 2. The second-order valence-electron chi connectivity index (χ2n) is 4.02. The van der Waals surface area contributed by atoms with Crippen molar-refractivity contribution in [1.29, 1.82) is 0 Å². The minimum absolute atomic E-state index is 0.122. The summed E-state index contributed by atoms with van der Waals surface area (Å²) in [6, 6.07) is 7.44. The molecule has 1 N–H and O–H groups in total. The Labute approximate surface area is 133 Å². The number of nitrogens with zero attached hydrogens (tertiary/aromatic N) is 2. The van der Waals surface area contributed by atoms with E-state index in [1.807, 2.05) is 18.2 Å². The highest BCUT2D eigenvalue weighted by molar-refractivity contribution is 14.1. The zero-order valence-corrected chi connectivity index (χ0v) is 14.1. The summed E-state index contributed by atoms with van der Waals surface area (Å²) < 4.78 is 3.60. The molecular weight excluding hydrogens is 421 g/mol. The van der Waals surface area contributed by atoms with Gasteiger partial charge >= 0.3 is 0 Å². The third kappa shape index (κ3) is 3.56. The van der Waals surface area contributed by atoms with Crippen molar-refractivity contribution >= 4 is 50.2 Å². The zero-order valence-electron chi connectivity index (χ0n) is 10.4. The molecule has 0 spiro atoms. The molecule has 0 unspecified atom stereocenters. The first-order valence-corrected chi connectivity index (χ1v) is 7.77. The van der Waals surface area contributed by atoms with Crippen LogP contribution < -0.4 is 5.32 Å². The predicted octanol–water partition coefficient (Wildman–Crippen LogP) is 3.91. The minimum Gasteiger partial charge on any atom is -0.307 e. The summed E-state index contributed by atoms with van der Waals surface area (Å²) in [5.41, 5.74) is 0.652. The molecule has 0 aliphatic rings. The van der Waals surface area contributed by atoms with Crippen LogP contribution in [0.2, 0.25) is 0 Å². The number of nitrogens with one attached hydrogen (secondary N) is 1. The Morgan fingerprint density at radius 2 is 2.26 bits per heavy atom. The van der Waals surface area contributed by atoms with Gasteiger partial charge in [0.15, 0.2) is 0 Å². The molecule has 4 nitrogen and oxygen atoms in total. The van der Waals surface area contributed by atoms with Gasteiger partial charge in [-0.2, -0.15) is 5.10 Å². The van der Waals surface area contributed by atoms with Crippen LogP contribution in [-0.2, 0) is 6.54 Å². The number of carbonyl (C=O) groups excluding carboxylic acids is 1. The van der Waals surface area contributed by atoms with Gasteiger partial charge in [-0.3, -0.25) is 4.79 Å². The molecule has 19 heavy (non-hydrogen) atoms. The van der Waals surface area contributed by atoms with Crippen LogP contribution in [0, 0.1) is 3.57 Å². The largest absolute Gasteiger partial charge is 0.307 e. The van der Waals surface area contributed by atoms with Crippen LogP contribution in [0.4, 0.5) is 5.82 Å². The fourth-order valence-electron chi connectivity index (χ4n) is 1.68. The maximum Gasteiger partial charge on any atom is 0.257 e. The fourth-order valence-corrected chi connectivity index (χ4v) is 2.63. The van der Waals surface area contributed by atoms with Gasteiger partial charge in [0.2, 0.25) is 0 Å². The van der Waals surface area contributed by atoms with Crippen molar-refractivity contribution in [3.8, 4) is 0 Å². The smallest absolute Gasteiger partial charge is 0.257 e. The topological polar surface area (TPSA) is 46.9 Å². The van der Waals surface area contributed by atoms with E-state index in [-0.39, 0.29) is 5.91 Å². The first-order chi connectivity index (χ1) is 9.11. The molecule has 0 atom stereocenters. The number of rotatable bonds is 4. The summed E-state index contributed by atoms with van der Waals surface area (Å²) >= 11 is 5.54. The molecule has 1 aromatic heterocycles. The van der Waals surface area contributed by atoms with E-state index in [2.05, 4.69) is 55.9 Å². The number of hydrogen-bond donors (Lipinski definition) is 1. The second-order valence-corrected chi connectivity index (χ2v) is 6.10. The van der Waals surface area contributed by atoms with Gasteiger partial charge < -0.3 is 5.32 Å². The molecule has 0 bridgehead atoms. The van der Waals surface area contributed by atoms with Crippen molar-refractivity contribution in [2.75, 3.05) is 5.32 Å². The van der Waals surface area contributed by atoms with Crippen LogP contribution in [0.3, 0.4) is 0 Å². The van der Waals surface area contributed by atoms with Crippen LogP contribution in [0.25, 0.3) is 0 Å². The minimum atomic E-state index is -0.122. The van der Waals surface area contributed by atoms with E-state index >= 15 is 0 Å². The molecule has 100 valence electrons. The van der Waals surface area contributed by atoms with Gasteiger partial charge in [-0.05, 0) is 47.2 Å². The average Bonchev–Trinajstić information content (AvgIpc) is 2.80. The third-order valence-corrected chi connectivity index (χ3v) is 4.00. The van der Waals surface area contributed by atoms with Crippen LogP contribution in [0.15, 0.2) is 34.9 Å². The second kappa shape index (κ2) is 6.51. The van der Waals surface area contributed by atoms with Gasteiger partial charge in [-0.25, -0.2) is 4.68 Å². The van der Waals surface area contributed by atoms with Crippen molar-refractivity contribution in [3.05, 3.63) is 44.1 Å². The zero-order chi connectivity index (χ0) is 13.8. The molecule has 1 aromatic carbocycles. The average molecular weight is 434 g/mol. The van der Waals surface area contributed by atoms with Gasteiger partial charge in [0.25, 0.3) is 5.91 Å². The van der Waals surface area contributed by atoms with E-state index in [0.29, 0.717) is 5.56 Å². The molecule has 0 saturated carbocycles. The Morgan fingerprint density at radius 3 is 3.00 bits per heavy atom. The van der Waals surface area contributed by atoms with Gasteiger partial charge in [0, 0.05) is 20.7 Å². The summed E-state index contributed by atoms with van der Waals surface area (Å²) in [6.45, 7) is 2.86. The quantitative estimate of drug-likeness (QED) is 0.743. The Bertz CT molecular complexity index is 597. The Balaban J connectivity index is 2.21. The highest BCUT2D eigenvalue weighted by Gasteiger charge is 2.12. The number of benzene rings is 1. The summed E-state index contributed by atoms with van der Waals surface area (Å²) in [5, 5.41) is 7.08. The highest BCUT2D eigenvalue weighted by atomic mass is 127. The van der Waals surface area contributed by atoms with Crippen LogP contribution in [-0.4, -0.2) is 15.7 Å². The first kappa shape index (κ1) is 14.5. The van der Waals surface area contributed by atoms with Crippen molar-refractivity contribution < 1.29 is 4.79 Å². The summed E-state index contributed by atoms with van der Waals surface area (Å²) in [4.78, 5) is 12.3. The lowest BCUT2D eigenvalue weighted by Crippen LogP contribution is -2.17. The number of hydrogen-bond acceptors (Lipinski definition) is 2. The Morgan fingerprint density at radius 1 is 1.47 bits per heavy atom. The van der Waals surface area contributed by atoms with Gasteiger partial charge in [0.05, 0.1) is 11.8 Å². The van der Waals surface area contributed by atoms with Gasteiger partial charge in [-0.15, -0.1) is 0 Å². The molecule has 6 heteroatoms. The van der Waals surface area contributed by atoms with Crippen molar-refractivity contribution in [2.45, 2.75) is 19.9 Å². The monoisotopic (exact) mass is 433 g/mol. The highest BCUT2D eigenvalue weighted by Crippen LogP contribution is 2.20. The van der Waals surface area contributed by atoms with E-state index in [0.717, 1.165) is 26.8 Å². The number of halogens is 2. The van der Waals surface area contributed by atoms with Crippen molar-refractivity contribution in [2.24, 2.45) is 0 Å². The summed E-state index contributed by atoms with van der Waals surface area (Å²) in [7, 11) is 0. The molecule has 0 fully saturated rings. The number of aryl methyl sites for hydroxylation is 1. The van der Waals surface area contributed by atoms with Crippen LogP contribution in [0.1, 0.15) is 23.7 Å². The Hall–Kier alpha value is -0.890. The van der Waals surface area contributed by atoms with Crippen molar-refractivity contribution in [1.82, 2.24) is 9.78 Å². The number of carbonyl (C=O) groups is 1. The first-order valence-electron chi connectivity index (χ1n) is 5.90. The SMILES string of the molecule is CCCn1nccc1NC(=O)c1cc(Br)ccc1I. The summed E-state index contributed by atoms with van der Waals surface area (Å²) in [6.07, 6.45) is 2.66. The molecular formula is C13H13BrIN3O. The third-order valence-electron chi connectivity index (χ3n) is 2.57. The van der Waals surface area contributed by atoms with E-state index in [9.17, 15) is 4.79 Å². The van der Waals surface area contributed by atoms with Crippen LogP contribution in [0.5, 0.6) is 0 Å². The molecule has 1 amide bonds. The Kier molecular flexibility index (Phi) is 4.98. The number of amides is 1. The maximum atomic E-state index is 12.3. The van der Waals surface area contributed by atoms with E-state index in [1.165, 1.54) is 0 Å².